The van der Waals surface area contributed by atoms with Crippen molar-refractivity contribution < 1.29 is 4.79 Å². The second kappa shape index (κ2) is 6.87. The number of carbonyl (C=O) groups excluding carboxylic acids is 1. The molecular formula is C19H20N2OS2. The fourth-order valence-electron chi connectivity index (χ4n) is 3.08. The molecule has 1 unspecified atom stereocenters. The lowest BCUT2D eigenvalue weighted by Crippen LogP contribution is -2.47. The summed E-state index contributed by atoms with van der Waals surface area (Å²) < 4.78 is 0. The summed E-state index contributed by atoms with van der Waals surface area (Å²) in [5, 5.41) is 6.12. The second-order valence-electron chi connectivity index (χ2n) is 5.79. The number of rotatable bonds is 4. The maximum absolute atomic E-state index is 13.2. The third-order valence-electron chi connectivity index (χ3n) is 4.36. The number of carbonyl (C=O) groups is 1. The Morgan fingerprint density at radius 3 is 2.54 bits per heavy atom. The van der Waals surface area contributed by atoms with E-state index in [9.17, 15) is 4.79 Å². The van der Waals surface area contributed by atoms with Crippen molar-refractivity contribution in [2.24, 2.45) is 0 Å². The van der Waals surface area contributed by atoms with Gasteiger partial charge in [0.15, 0.2) is 10.9 Å². The Morgan fingerprint density at radius 1 is 1.25 bits per heavy atom. The third kappa shape index (κ3) is 2.89. The molecule has 24 heavy (non-hydrogen) atoms. The molecule has 1 aromatic heterocycles. The lowest BCUT2D eigenvalue weighted by atomic mass is 9.91. The van der Waals surface area contributed by atoms with E-state index in [-0.39, 0.29) is 11.8 Å². The molecule has 3 rings (SSSR count). The normalized spacial score (nSPS) is 17.9. The second-order valence-corrected chi connectivity index (χ2v) is 7.12. The van der Waals surface area contributed by atoms with Crippen molar-refractivity contribution in [1.82, 2.24) is 10.2 Å². The number of nitrogens with zero attached hydrogens (tertiary/aromatic N) is 1. The van der Waals surface area contributed by atoms with E-state index < -0.39 is 0 Å². The summed E-state index contributed by atoms with van der Waals surface area (Å²) in [6.07, 6.45) is 0. The van der Waals surface area contributed by atoms with Crippen molar-refractivity contribution in [3.63, 3.8) is 0 Å². The van der Waals surface area contributed by atoms with Crippen LogP contribution in [0.15, 0.2) is 53.0 Å². The van der Waals surface area contributed by atoms with Crippen LogP contribution in [0.3, 0.4) is 0 Å². The first kappa shape index (κ1) is 16.9. The number of hydrogen-bond donors (Lipinski definition) is 1. The highest BCUT2D eigenvalue weighted by molar-refractivity contribution is 7.80. The minimum Gasteiger partial charge on any atom is -0.350 e. The maximum Gasteiger partial charge on any atom is 0.193 e. The number of ketones is 1. The van der Waals surface area contributed by atoms with Crippen molar-refractivity contribution in [1.29, 1.82) is 0 Å². The number of hydrogen-bond acceptors (Lipinski definition) is 3. The van der Waals surface area contributed by atoms with Crippen LogP contribution in [0.25, 0.3) is 0 Å². The molecule has 0 aliphatic carbocycles. The van der Waals surface area contributed by atoms with Crippen molar-refractivity contribution in [3.8, 4) is 0 Å². The van der Waals surface area contributed by atoms with Crippen LogP contribution in [0.5, 0.6) is 0 Å². The zero-order valence-corrected chi connectivity index (χ0v) is 15.6. The number of nitrogens with one attached hydrogen (secondary N) is 1. The van der Waals surface area contributed by atoms with Gasteiger partial charge in [-0.2, -0.15) is 0 Å². The fourth-order valence-corrected chi connectivity index (χ4v) is 4.45. The molecule has 2 aromatic rings. The molecule has 0 amide bonds. The van der Waals surface area contributed by atoms with E-state index in [0.29, 0.717) is 10.7 Å². The Labute approximate surface area is 152 Å². The minimum atomic E-state index is -0.187. The van der Waals surface area contributed by atoms with Gasteiger partial charge in [-0.1, -0.05) is 30.3 Å². The fraction of sp³-hybridized carbons (Fsp3) is 0.263. The average molecular weight is 357 g/mol. The highest BCUT2D eigenvalue weighted by Crippen LogP contribution is 2.36. The van der Waals surface area contributed by atoms with Gasteiger partial charge in [-0.25, -0.2) is 0 Å². The SMILES string of the molecule is CCN1C(=S)NC(c2sccc2C)C(C(=O)c2ccccc2)=C1C. The lowest BCUT2D eigenvalue weighted by Gasteiger charge is -2.37. The molecule has 0 spiro atoms. The molecule has 1 atom stereocenters. The molecule has 0 radical (unpaired) electrons. The molecule has 2 heterocycles. The molecule has 0 fully saturated rings. The third-order valence-corrected chi connectivity index (χ3v) is 5.78. The molecule has 124 valence electrons. The van der Waals surface area contributed by atoms with E-state index in [2.05, 4.69) is 23.7 Å². The number of thiophene rings is 1. The topological polar surface area (TPSA) is 32.3 Å². The van der Waals surface area contributed by atoms with Gasteiger partial charge >= 0.3 is 0 Å². The van der Waals surface area contributed by atoms with Gasteiger partial charge in [-0.3, -0.25) is 4.79 Å². The maximum atomic E-state index is 13.2. The van der Waals surface area contributed by atoms with Gasteiger partial charge in [-0.05, 0) is 50.0 Å². The standard InChI is InChI=1S/C19H20N2OS2/c1-4-21-13(3)15(17(22)14-8-6-5-7-9-14)16(20-19(21)23)18-12(2)10-11-24-18/h5-11,16H,4H2,1-3H3,(H,20,23). The summed E-state index contributed by atoms with van der Waals surface area (Å²) in [4.78, 5) is 16.4. The van der Waals surface area contributed by atoms with Crippen molar-refractivity contribution in [2.75, 3.05) is 6.54 Å². The highest BCUT2D eigenvalue weighted by Gasteiger charge is 2.34. The molecule has 0 saturated heterocycles. The molecule has 5 heteroatoms. The number of benzene rings is 1. The van der Waals surface area contributed by atoms with E-state index in [1.807, 2.05) is 49.1 Å². The van der Waals surface area contributed by atoms with E-state index >= 15 is 0 Å². The largest absolute Gasteiger partial charge is 0.350 e. The van der Waals surface area contributed by atoms with Gasteiger partial charge < -0.3 is 10.2 Å². The summed E-state index contributed by atoms with van der Waals surface area (Å²) in [6.45, 7) is 6.84. The van der Waals surface area contributed by atoms with Crippen LogP contribution in [0.4, 0.5) is 0 Å². The Hall–Kier alpha value is -1.98. The number of thiocarbonyl (C=S) groups is 1. The van der Waals surface area contributed by atoms with Gasteiger partial charge in [0.05, 0.1) is 6.04 Å². The quantitative estimate of drug-likeness (QED) is 0.647. The highest BCUT2D eigenvalue weighted by atomic mass is 32.1. The summed E-state index contributed by atoms with van der Waals surface area (Å²) in [7, 11) is 0. The zero-order valence-electron chi connectivity index (χ0n) is 14.0. The molecule has 1 aliphatic heterocycles. The van der Waals surface area contributed by atoms with Crippen LogP contribution in [-0.2, 0) is 0 Å². The predicted octanol–water partition coefficient (Wildman–Crippen LogP) is 4.46. The van der Waals surface area contributed by atoms with Gasteiger partial charge in [0, 0.05) is 28.3 Å². The van der Waals surface area contributed by atoms with Crippen LogP contribution >= 0.6 is 23.6 Å². The smallest absolute Gasteiger partial charge is 0.193 e. The minimum absolute atomic E-state index is 0.0550. The zero-order chi connectivity index (χ0) is 17.3. The first-order chi connectivity index (χ1) is 11.5. The van der Waals surface area contributed by atoms with Crippen molar-refractivity contribution in [2.45, 2.75) is 26.8 Å². The number of aryl methyl sites for hydroxylation is 1. The van der Waals surface area contributed by atoms with Crippen molar-refractivity contribution in [3.05, 3.63) is 69.1 Å². The molecular weight excluding hydrogens is 336 g/mol. The molecule has 0 saturated carbocycles. The van der Waals surface area contributed by atoms with Gasteiger partial charge in [-0.15, -0.1) is 11.3 Å². The monoisotopic (exact) mass is 356 g/mol. The summed E-state index contributed by atoms with van der Waals surface area (Å²) >= 11 is 7.19. The number of Topliss-reactive ketones (excluding diaryl/α,β-unsaturated/α-hetero) is 1. The van der Waals surface area contributed by atoms with Gasteiger partial charge in [0.25, 0.3) is 0 Å². The molecule has 1 aromatic carbocycles. The first-order valence-corrected chi connectivity index (χ1v) is 9.26. The Morgan fingerprint density at radius 2 is 1.96 bits per heavy atom. The van der Waals surface area contributed by atoms with Crippen LogP contribution in [0.2, 0.25) is 0 Å². The molecule has 1 N–H and O–H groups in total. The Bertz CT molecular complexity index is 808. The summed E-state index contributed by atoms with van der Waals surface area (Å²) in [5.41, 5.74) is 3.60. The lowest BCUT2D eigenvalue weighted by molar-refractivity contribution is 0.102. The molecule has 0 bridgehead atoms. The van der Waals surface area contributed by atoms with Crippen LogP contribution in [0, 0.1) is 6.92 Å². The Kier molecular flexibility index (Phi) is 4.83. The average Bonchev–Trinajstić information content (AvgIpc) is 3.01. The van der Waals surface area contributed by atoms with Crippen LogP contribution in [-0.4, -0.2) is 22.3 Å². The van der Waals surface area contributed by atoms with E-state index in [0.717, 1.165) is 22.7 Å². The first-order valence-electron chi connectivity index (χ1n) is 7.97. The summed E-state index contributed by atoms with van der Waals surface area (Å²) in [5.74, 6) is 0.0550. The van der Waals surface area contributed by atoms with Gasteiger partial charge in [0.1, 0.15) is 0 Å². The predicted molar refractivity (Wildman–Crippen MR) is 103 cm³/mol. The van der Waals surface area contributed by atoms with E-state index in [4.69, 9.17) is 12.2 Å². The Balaban J connectivity index is 2.14. The van der Waals surface area contributed by atoms with E-state index in [1.165, 1.54) is 5.56 Å². The molecule has 1 aliphatic rings. The van der Waals surface area contributed by atoms with Gasteiger partial charge in [0.2, 0.25) is 0 Å². The van der Waals surface area contributed by atoms with E-state index in [1.54, 1.807) is 11.3 Å². The van der Waals surface area contributed by atoms with Crippen LogP contribution in [0.1, 0.15) is 40.7 Å². The number of allylic oxidation sites excluding steroid dienone is 1. The van der Waals surface area contributed by atoms with Crippen molar-refractivity contribution >= 4 is 34.5 Å². The van der Waals surface area contributed by atoms with Crippen LogP contribution < -0.4 is 5.32 Å². The molecule has 3 nitrogen and oxygen atoms in total. The summed E-state index contributed by atoms with van der Waals surface area (Å²) in [6, 6.07) is 11.3.